The first kappa shape index (κ1) is 45.8. The number of nitrogens with zero attached hydrogens (tertiary/aromatic N) is 3. The van der Waals surface area contributed by atoms with Gasteiger partial charge in [-0.05, 0) is 111 Å². The summed E-state index contributed by atoms with van der Waals surface area (Å²) < 4.78 is 24.9. The van der Waals surface area contributed by atoms with Gasteiger partial charge < -0.3 is 29.6 Å². The minimum Gasteiger partial charge on any atom is -0.465 e. The number of benzene rings is 3. The quantitative estimate of drug-likeness (QED) is 0.0437. The van der Waals surface area contributed by atoms with Crippen LogP contribution in [0.15, 0.2) is 91.3 Å². The number of fused-ring (bicyclic) bond motifs is 1. The molecule has 2 fully saturated rings. The molecule has 6 rings (SSSR count). The van der Waals surface area contributed by atoms with Crippen molar-refractivity contribution < 1.29 is 33.0 Å². The molecule has 58 heavy (non-hydrogen) atoms. The number of primary amides is 1. The van der Waals surface area contributed by atoms with E-state index >= 15 is 0 Å². The Kier molecular flexibility index (Phi) is 19.0. The van der Waals surface area contributed by atoms with Crippen LogP contribution in [-0.4, -0.2) is 84.7 Å². The van der Waals surface area contributed by atoms with E-state index in [1.165, 1.54) is 44.2 Å². The SMILES string of the molecule is CCCOC(=O)C(C)NP(=O)(Cc1ccc2ccc(C(N)=O)cc2c1)Oc1ccccc1.CN1CCC[C@@H]1CCCCCC=O.O=CN1CCC(c2cccnc2)C1. The zero-order chi connectivity index (χ0) is 41.8. The van der Waals surface area contributed by atoms with Crippen LogP contribution in [-0.2, 0) is 29.8 Å². The number of ether oxygens (including phenoxy) is 1. The fourth-order valence-corrected chi connectivity index (χ4v) is 9.16. The van der Waals surface area contributed by atoms with Gasteiger partial charge in [-0.3, -0.25) is 23.9 Å². The average Bonchev–Trinajstić information content (AvgIpc) is 3.89. The number of pyridine rings is 1. The molecule has 4 atom stereocenters. The lowest BCUT2D eigenvalue weighted by Gasteiger charge is -2.24. The zero-order valence-corrected chi connectivity index (χ0v) is 35.1. The monoisotopic (exact) mass is 813 g/mol. The molecule has 0 bridgehead atoms. The molecule has 13 heteroatoms. The molecule has 1 aromatic heterocycles. The average molecular weight is 814 g/mol. The third-order valence-corrected chi connectivity index (χ3v) is 12.4. The smallest absolute Gasteiger partial charge is 0.323 e. The number of rotatable bonds is 18. The maximum atomic E-state index is 13.8. The number of carbonyl (C=O) groups is 4. The Hall–Kier alpha value is -4.90. The fraction of sp³-hybridized carbons (Fsp3) is 0.444. The summed E-state index contributed by atoms with van der Waals surface area (Å²) in [6.07, 6.45) is 15.8. The molecule has 2 saturated heterocycles. The van der Waals surface area contributed by atoms with Crippen molar-refractivity contribution in [1.29, 1.82) is 0 Å². The van der Waals surface area contributed by atoms with E-state index < -0.39 is 25.4 Å². The Morgan fingerprint density at radius 1 is 0.983 bits per heavy atom. The molecular weight excluding hydrogens is 753 g/mol. The third kappa shape index (κ3) is 15.1. The highest BCUT2D eigenvalue weighted by molar-refractivity contribution is 7.56. The summed E-state index contributed by atoms with van der Waals surface area (Å²) in [5, 5.41) is 4.57. The molecule has 3 aromatic carbocycles. The van der Waals surface area contributed by atoms with E-state index in [2.05, 4.69) is 28.1 Å². The van der Waals surface area contributed by atoms with Gasteiger partial charge in [-0.25, -0.2) is 5.09 Å². The van der Waals surface area contributed by atoms with E-state index in [0.717, 1.165) is 67.4 Å². The number of likely N-dealkylation sites (tertiary alicyclic amines) is 2. The summed E-state index contributed by atoms with van der Waals surface area (Å²) in [5.74, 6) is -0.0991. The van der Waals surface area contributed by atoms with E-state index in [4.69, 9.17) is 15.0 Å². The number of amides is 2. The van der Waals surface area contributed by atoms with Crippen molar-refractivity contribution in [1.82, 2.24) is 19.9 Å². The highest BCUT2D eigenvalue weighted by Gasteiger charge is 2.31. The first-order valence-corrected chi connectivity index (χ1v) is 22.2. The number of carbonyl (C=O) groups excluding carboxylic acids is 4. The van der Waals surface area contributed by atoms with Crippen molar-refractivity contribution in [2.75, 3.05) is 33.3 Å². The van der Waals surface area contributed by atoms with Crippen LogP contribution in [0.3, 0.4) is 0 Å². The van der Waals surface area contributed by atoms with E-state index in [1.54, 1.807) is 49.5 Å². The number of hydrogen-bond acceptors (Lipinski definition) is 9. The fourth-order valence-electron chi connectivity index (χ4n) is 7.12. The molecule has 2 aliphatic heterocycles. The molecule has 3 heterocycles. The van der Waals surface area contributed by atoms with E-state index in [9.17, 15) is 23.7 Å². The Bertz CT molecular complexity index is 1930. The van der Waals surface area contributed by atoms with Gasteiger partial charge in [0.05, 0.1) is 12.8 Å². The highest BCUT2D eigenvalue weighted by atomic mass is 31.2. The third-order valence-electron chi connectivity index (χ3n) is 10.3. The largest absolute Gasteiger partial charge is 0.465 e. The predicted molar refractivity (Wildman–Crippen MR) is 229 cm³/mol. The highest BCUT2D eigenvalue weighted by Crippen LogP contribution is 2.47. The summed E-state index contributed by atoms with van der Waals surface area (Å²) >= 11 is 0. The van der Waals surface area contributed by atoms with Crippen LogP contribution in [0.2, 0.25) is 0 Å². The van der Waals surface area contributed by atoms with Crippen LogP contribution in [0.5, 0.6) is 5.75 Å². The Labute approximate surface area is 343 Å². The number of aldehydes is 1. The summed E-state index contributed by atoms with van der Waals surface area (Å²) in [6.45, 7) is 6.79. The van der Waals surface area contributed by atoms with Gasteiger partial charge in [0.15, 0.2) is 0 Å². The van der Waals surface area contributed by atoms with Crippen LogP contribution >= 0.6 is 7.52 Å². The van der Waals surface area contributed by atoms with Gasteiger partial charge >= 0.3 is 13.5 Å². The summed E-state index contributed by atoms with van der Waals surface area (Å²) in [7, 11) is -1.33. The van der Waals surface area contributed by atoms with Gasteiger partial charge in [0, 0.05) is 49.4 Å². The molecule has 0 spiro atoms. The van der Waals surface area contributed by atoms with Crippen LogP contribution in [0.25, 0.3) is 10.8 Å². The summed E-state index contributed by atoms with van der Waals surface area (Å²) in [6, 6.07) is 23.5. The zero-order valence-electron chi connectivity index (χ0n) is 34.2. The van der Waals surface area contributed by atoms with Crippen molar-refractivity contribution in [3.8, 4) is 5.75 Å². The lowest BCUT2D eigenvalue weighted by atomic mass is 10.0. The Morgan fingerprint density at radius 2 is 1.78 bits per heavy atom. The van der Waals surface area contributed by atoms with E-state index in [0.29, 0.717) is 30.3 Å². The predicted octanol–water partition coefficient (Wildman–Crippen LogP) is 7.90. The number of esters is 1. The lowest BCUT2D eigenvalue weighted by molar-refractivity contribution is -0.145. The minimum absolute atomic E-state index is 0.0318. The maximum Gasteiger partial charge on any atom is 0.323 e. The van der Waals surface area contributed by atoms with E-state index in [1.807, 2.05) is 54.4 Å². The standard InChI is InChI=1S/C24H27N2O5P.C11H21NO.C10H12N2O/c1-3-13-30-24(28)17(2)26-32(29,31-22-7-5-4-6-8-22)16-18-9-10-19-11-12-20(23(25)27)15-21(19)14-18;1-12-9-6-8-11(12)7-4-2-3-5-10-13;13-8-12-5-3-10(7-12)9-2-1-4-11-6-9/h4-12,14-15,17H,3,13,16H2,1-2H3,(H2,25,27)(H,26,29);10-11H,2-9H2,1H3;1-2,4,6,8,10H,3,5,7H2/t;11-;/m.0./s1. The first-order chi connectivity index (χ1) is 28.0. The molecule has 2 aliphatic rings. The van der Waals surface area contributed by atoms with Gasteiger partial charge in [-0.2, -0.15) is 0 Å². The molecule has 4 aromatic rings. The Balaban J connectivity index is 0.000000233. The summed E-state index contributed by atoms with van der Waals surface area (Å²) in [5.41, 5.74) is 7.75. The van der Waals surface area contributed by atoms with Crippen LogP contribution in [0.1, 0.15) is 99.0 Å². The van der Waals surface area contributed by atoms with Crippen molar-refractivity contribution >= 4 is 42.9 Å². The molecule has 0 aliphatic carbocycles. The number of unbranched alkanes of at least 4 members (excludes halogenated alkanes) is 3. The molecule has 0 saturated carbocycles. The molecule has 0 radical (unpaired) electrons. The van der Waals surface area contributed by atoms with Crippen molar-refractivity contribution in [2.45, 2.75) is 95.8 Å². The second kappa shape index (κ2) is 24.1. The van der Waals surface area contributed by atoms with Gasteiger partial charge in [0.1, 0.15) is 18.1 Å². The molecule has 12 nitrogen and oxygen atoms in total. The number of nitrogens with two attached hydrogens (primary N) is 1. The lowest BCUT2D eigenvalue weighted by Crippen LogP contribution is -2.35. The number of nitrogens with one attached hydrogen (secondary N) is 1. The van der Waals surface area contributed by atoms with Gasteiger partial charge in [0.2, 0.25) is 12.3 Å². The van der Waals surface area contributed by atoms with Gasteiger partial charge in [-0.15, -0.1) is 0 Å². The van der Waals surface area contributed by atoms with Crippen LogP contribution < -0.4 is 15.3 Å². The topological polar surface area (TPSA) is 161 Å². The van der Waals surface area contributed by atoms with E-state index in [-0.39, 0.29) is 6.16 Å². The molecule has 3 unspecified atom stereocenters. The van der Waals surface area contributed by atoms with Crippen molar-refractivity contribution in [2.24, 2.45) is 5.73 Å². The number of aromatic nitrogens is 1. The maximum absolute atomic E-state index is 13.8. The van der Waals surface area contributed by atoms with Crippen molar-refractivity contribution in [3.63, 3.8) is 0 Å². The first-order valence-electron chi connectivity index (χ1n) is 20.4. The molecule has 3 N–H and O–H groups in total. The van der Waals surface area contributed by atoms with Gasteiger partial charge in [-0.1, -0.05) is 68.3 Å². The Morgan fingerprint density at radius 3 is 2.43 bits per heavy atom. The van der Waals surface area contributed by atoms with Crippen LogP contribution in [0, 0.1) is 0 Å². The second-order valence-electron chi connectivity index (χ2n) is 15.0. The molecule has 312 valence electrons. The number of hydrogen-bond donors (Lipinski definition) is 2. The second-order valence-corrected chi connectivity index (χ2v) is 17.1. The van der Waals surface area contributed by atoms with Crippen molar-refractivity contribution in [3.05, 3.63) is 108 Å². The van der Waals surface area contributed by atoms with Crippen LogP contribution in [0.4, 0.5) is 0 Å². The minimum atomic E-state index is -3.56. The molecular formula is C45H60N5O7P. The van der Waals surface area contributed by atoms with Gasteiger partial charge in [0.25, 0.3) is 0 Å². The summed E-state index contributed by atoms with van der Waals surface area (Å²) in [4.78, 5) is 52.7. The molecule has 2 amide bonds. The normalized spacial score (nSPS) is 17.8. The number of para-hydroxylation sites is 1.